The number of carboxylic acids is 1. The molecule has 6 heteroatoms. The van der Waals surface area contributed by atoms with E-state index in [1.54, 1.807) is 6.92 Å². The monoisotopic (exact) mass is 314 g/mol. The number of rotatable bonds is 5. The lowest BCUT2D eigenvalue weighted by molar-refractivity contribution is -0.139. The molecular formula is C16H26O6. The quantitative estimate of drug-likeness (QED) is 0.620. The molecule has 22 heavy (non-hydrogen) atoms. The van der Waals surface area contributed by atoms with Crippen LogP contribution in [0.15, 0.2) is 37.0 Å². The minimum atomic E-state index is -0.935. The largest absolute Gasteiger partial charge is 0.478 e. The van der Waals surface area contributed by atoms with Crippen LogP contribution in [-0.2, 0) is 23.9 Å². The molecule has 0 fully saturated rings. The van der Waals surface area contributed by atoms with E-state index in [-0.39, 0.29) is 17.5 Å². The van der Waals surface area contributed by atoms with Gasteiger partial charge in [-0.2, -0.15) is 0 Å². The van der Waals surface area contributed by atoms with Crippen molar-refractivity contribution >= 4 is 17.9 Å². The molecule has 126 valence electrons. The van der Waals surface area contributed by atoms with Gasteiger partial charge < -0.3 is 14.6 Å². The third-order valence-electron chi connectivity index (χ3n) is 1.62. The maximum atomic E-state index is 10.4. The number of hydrogen-bond acceptors (Lipinski definition) is 5. The summed E-state index contributed by atoms with van der Waals surface area (Å²) in [5.41, 5.74) is 0.609. The summed E-state index contributed by atoms with van der Waals surface area (Å²) in [7, 11) is 1.33. The first-order chi connectivity index (χ1) is 9.99. The standard InChI is InChI=1S/C7H12O2.C5H8O2.C4H6O2/c1-4-7(8)9-5-6(2)3;1-4(2)5(6)7-3;1-3(2)4(5)6/h4,6H,1,5H2,2-3H3;1H2,2-3H3;1H2,2H3,(H,5,6). The zero-order chi connectivity index (χ0) is 18.3. The highest BCUT2D eigenvalue weighted by atomic mass is 16.5. The highest BCUT2D eigenvalue weighted by molar-refractivity contribution is 5.86. The Morgan fingerprint density at radius 2 is 1.55 bits per heavy atom. The van der Waals surface area contributed by atoms with Gasteiger partial charge in [0.25, 0.3) is 0 Å². The molecule has 0 saturated carbocycles. The van der Waals surface area contributed by atoms with E-state index in [1.807, 2.05) is 13.8 Å². The number of hydrogen-bond donors (Lipinski definition) is 1. The van der Waals surface area contributed by atoms with Crippen LogP contribution in [0.25, 0.3) is 0 Å². The lowest BCUT2D eigenvalue weighted by Gasteiger charge is -2.02. The molecule has 0 aromatic carbocycles. The molecule has 0 heterocycles. The van der Waals surface area contributed by atoms with Crippen molar-refractivity contribution in [3.8, 4) is 0 Å². The summed E-state index contributed by atoms with van der Waals surface area (Å²) in [6.45, 7) is 17.3. The zero-order valence-electron chi connectivity index (χ0n) is 14.0. The van der Waals surface area contributed by atoms with Crippen LogP contribution in [0.1, 0.15) is 27.7 Å². The van der Waals surface area contributed by atoms with Crippen molar-refractivity contribution < 1.29 is 29.0 Å². The number of aliphatic carboxylic acids is 1. The van der Waals surface area contributed by atoms with Crippen molar-refractivity contribution in [3.63, 3.8) is 0 Å². The molecule has 0 aliphatic rings. The van der Waals surface area contributed by atoms with Gasteiger partial charge in [-0.15, -0.1) is 0 Å². The summed E-state index contributed by atoms with van der Waals surface area (Å²) in [4.78, 5) is 30.2. The number of esters is 2. The van der Waals surface area contributed by atoms with Crippen molar-refractivity contribution in [2.75, 3.05) is 13.7 Å². The predicted molar refractivity (Wildman–Crippen MR) is 85.3 cm³/mol. The second-order valence-electron chi connectivity index (χ2n) is 4.59. The van der Waals surface area contributed by atoms with E-state index in [0.29, 0.717) is 18.1 Å². The lowest BCUT2D eigenvalue weighted by atomic mass is 10.2. The average molecular weight is 314 g/mol. The van der Waals surface area contributed by atoms with Crippen LogP contribution in [-0.4, -0.2) is 36.7 Å². The van der Waals surface area contributed by atoms with E-state index in [2.05, 4.69) is 24.5 Å². The predicted octanol–water partition coefficient (Wildman–Crippen LogP) is 2.75. The Bertz CT molecular complexity index is 395. The van der Waals surface area contributed by atoms with Gasteiger partial charge >= 0.3 is 17.9 Å². The number of carbonyl (C=O) groups excluding carboxylic acids is 2. The van der Waals surface area contributed by atoms with E-state index in [1.165, 1.54) is 20.1 Å². The highest BCUT2D eigenvalue weighted by Crippen LogP contribution is 1.92. The fraction of sp³-hybridized carbons (Fsp3) is 0.438. The Kier molecular flexibility index (Phi) is 16.8. The third-order valence-corrected chi connectivity index (χ3v) is 1.62. The van der Waals surface area contributed by atoms with E-state index in [4.69, 9.17) is 9.84 Å². The molecule has 0 aliphatic carbocycles. The van der Waals surface area contributed by atoms with Gasteiger partial charge in [0.05, 0.1) is 13.7 Å². The van der Waals surface area contributed by atoms with Gasteiger partial charge in [-0.05, 0) is 19.8 Å². The maximum absolute atomic E-state index is 10.4. The molecule has 0 unspecified atom stereocenters. The first-order valence-electron chi connectivity index (χ1n) is 6.41. The molecule has 0 aromatic heterocycles. The minimum Gasteiger partial charge on any atom is -0.478 e. The minimum absolute atomic E-state index is 0.176. The van der Waals surface area contributed by atoms with E-state index < -0.39 is 5.97 Å². The second kappa shape index (κ2) is 15.0. The summed E-state index contributed by atoms with van der Waals surface area (Å²) >= 11 is 0. The fourth-order valence-electron chi connectivity index (χ4n) is 0.482. The van der Waals surface area contributed by atoms with Crippen LogP contribution in [0.3, 0.4) is 0 Å². The van der Waals surface area contributed by atoms with Gasteiger partial charge in [-0.3, -0.25) is 0 Å². The average Bonchev–Trinajstić information content (AvgIpc) is 2.44. The molecule has 0 spiro atoms. The van der Waals surface area contributed by atoms with E-state index in [0.717, 1.165) is 0 Å². The Morgan fingerprint density at radius 1 is 1.14 bits per heavy atom. The summed E-state index contributed by atoms with van der Waals surface area (Å²) in [5, 5.41) is 7.89. The third kappa shape index (κ3) is 22.8. The van der Waals surface area contributed by atoms with E-state index >= 15 is 0 Å². The number of methoxy groups -OCH3 is 1. The molecule has 0 aromatic rings. The first-order valence-corrected chi connectivity index (χ1v) is 6.41. The van der Waals surface area contributed by atoms with Crippen LogP contribution in [0.5, 0.6) is 0 Å². The van der Waals surface area contributed by atoms with Crippen LogP contribution in [0.2, 0.25) is 0 Å². The summed E-state index contributed by atoms with van der Waals surface area (Å²) < 4.78 is 8.97. The van der Waals surface area contributed by atoms with Crippen molar-refractivity contribution in [2.45, 2.75) is 27.7 Å². The molecule has 0 atom stereocenters. The lowest BCUT2D eigenvalue weighted by Crippen LogP contribution is -2.06. The number of carbonyl (C=O) groups is 3. The van der Waals surface area contributed by atoms with Gasteiger partial charge in [-0.25, -0.2) is 14.4 Å². The molecule has 1 N–H and O–H groups in total. The Labute approximate surface area is 132 Å². The van der Waals surface area contributed by atoms with Crippen molar-refractivity contribution in [1.82, 2.24) is 0 Å². The van der Waals surface area contributed by atoms with Gasteiger partial charge in [-0.1, -0.05) is 33.6 Å². The maximum Gasteiger partial charge on any atom is 0.332 e. The Hall–Kier alpha value is -2.37. The highest BCUT2D eigenvalue weighted by Gasteiger charge is 1.97. The first kappa shape index (κ1) is 24.6. The normalized spacial score (nSPS) is 8.27. The van der Waals surface area contributed by atoms with Crippen LogP contribution in [0, 0.1) is 5.92 Å². The molecule has 0 aliphatic heterocycles. The zero-order valence-corrected chi connectivity index (χ0v) is 14.0. The Balaban J connectivity index is -0.000000252. The van der Waals surface area contributed by atoms with Gasteiger partial charge in [0.2, 0.25) is 0 Å². The molecule has 6 nitrogen and oxygen atoms in total. The van der Waals surface area contributed by atoms with Crippen LogP contribution >= 0.6 is 0 Å². The van der Waals surface area contributed by atoms with Crippen molar-refractivity contribution in [3.05, 3.63) is 37.0 Å². The Morgan fingerprint density at radius 3 is 1.68 bits per heavy atom. The van der Waals surface area contributed by atoms with Gasteiger partial charge in [0, 0.05) is 17.2 Å². The van der Waals surface area contributed by atoms with Crippen molar-refractivity contribution in [2.24, 2.45) is 5.92 Å². The molecule has 0 radical (unpaired) electrons. The smallest absolute Gasteiger partial charge is 0.332 e. The number of carboxylic acid groups (broad SMARTS) is 1. The summed E-state index contributed by atoms with van der Waals surface area (Å²) in [6.07, 6.45) is 1.17. The number of ether oxygens (including phenoxy) is 2. The molecule has 0 amide bonds. The van der Waals surface area contributed by atoms with Gasteiger partial charge in [0.15, 0.2) is 0 Å². The summed E-state index contributed by atoms with van der Waals surface area (Å²) in [6, 6.07) is 0. The SMILES string of the molecule is C=C(C)C(=O)O.C=C(C)C(=O)OC.C=CC(=O)OCC(C)C. The second-order valence-corrected chi connectivity index (χ2v) is 4.59. The molecule has 0 bridgehead atoms. The fourth-order valence-corrected chi connectivity index (χ4v) is 0.482. The van der Waals surface area contributed by atoms with Crippen LogP contribution in [0.4, 0.5) is 0 Å². The molecule has 0 rings (SSSR count). The van der Waals surface area contributed by atoms with Crippen LogP contribution < -0.4 is 0 Å². The molecular weight excluding hydrogens is 288 g/mol. The summed E-state index contributed by atoms with van der Waals surface area (Å²) in [5.74, 6) is -1.23. The van der Waals surface area contributed by atoms with Gasteiger partial charge in [0.1, 0.15) is 0 Å². The molecule has 0 saturated heterocycles. The van der Waals surface area contributed by atoms with E-state index in [9.17, 15) is 14.4 Å². The topological polar surface area (TPSA) is 89.9 Å². The van der Waals surface area contributed by atoms with Crippen molar-refractivity contribution in [1.29, 1.82) is 0 Å².